The van der Waals surface area contributed by atoms with E-state index in [0.717, 1.165) is 28.8 Å². The summed E-state index contributed by atoms with van der Waals surface area (Å²) in [5.74, 6) is 1.25. The molecule has 2 aromatic heterocycles. The monoisotopic (exact) mass is 322 g/mol. The van der Waals surface area contributed by atoms with Crippen LogP contribution in [0.4, 0.5) is 5.82 Å². The Labute approximate surface area is 139 Å². The highest BCUT2D eigenvalue weighted by atomic mass is 16.5. The number of amides is 1. The van der Waals surface area contributed by atoms with Crippen LogP contribution in [0.1, 0.15) is 13.3 Å². The fraction of sp³-hybridized carbons (Fsp3) is 0.278. The molecule has 24 heavy (non-hydrogen) atoms. The van der Waals surface area contributed by atoms with Gasteiger partial charge < -0.3 is 15.0 Å². The van der Waals surface area contributed by atoms with Crippen LogP contribution in [0.5, 0.6) is 0 Å². The summed E-state index contributed by atoms with van der Waals surface area (Å²) >= 11 is 0. The van der Waals surface area contributed by atoms with E-state index < -0.39 is 5.41 Å². The molecule has 3 aromatic rings. The van der Waals surface area contributed by atoms with Crippen LogP contribution in [0.3, 0.4) is 0 Å². The van der Waals surface area contributed by atoms with Gasteiger partial charge in [-0.25, -0.2) is 9.97 Å². The van der Waals surface area contributed by atoms with Gasteiger partial charge >= 0.3 is 0 Å². The lowest BCUT2D eigenvalue weighted by molar-refractivity contribution is -0.124. The SMILES string of the molecule is CC1(C(=O)Nc2ccc(-c3nc4ccccc4[nH]3)cn2)CCOC1. The Balaban J connectivity index is 1.53. The highest BCUT2D eigenvalue weighted by Gasteiger charge is 2.37. The Morgan fingerprint density at radius 3 is 2.88 bits per heavy atom. The number of pyridine rings is 1. The van der Waals surface area contributed by atoms with Gasteiger partial charge in [0.25, 0.3) is 0 Å². The standard InChI is InChI=1S/C18H18N4O2/c1-18(8-9-24-11-18)17(23)22-15-7-6-12(10-19-15)16-20-13-4-2-3-5-14(13)21-16/h2-7,10H,8-9,11H2,1H3,(H,20,21)(H,19,22,23). The average Bonchev–Trinajstić information content (AvgIpc) is 3.22. The third-order valence-corrected chi connectivity index (χ3v) is 4.43. The van der Waals surface area contributed by atoms with Crippen LogP contribution < -0.4 is 5.32 Å². The Morgan fingerprint density at radius 1 is 1.29 bits per heavy atom. The highest BCUT2D eigenvalue weighted by molar-refractivity contribution is 5.94. The summed E-state index contributed by atoms with van der Waals surface area (Å²) in [6.45, 7) is 3.00. The van der Waals surface area contributed by atoms with Crippen molar-refractivity contribution in [2.75, 3.05) is 18.5 Å². The van der Waals surface area contributed by atoms with Crippen molar-refractivity contribution in [2.45, 2.75) is 13.3 Å². The zero-order valence-corrected chi connectivity index (χ0v) is 13.4. The normalized spacial score (nSPS) is 20.4. The molecule has 0 aliphatic carbocycles. The van der Waals surface area contributed by atoms with E-state index >= 15 is 0 Å². The van der Waals surface area contributed by atoms with E-state index in [-0.39, 0.29) is 5.91 Å². The Kier molecular flexibility index (Phi) is 3.54. The summed E-state index contributed by atoms with van der Waals surface area (Å²) in [6.07, 6.45) is 2.44. The number of rotatable bonds is 3. The van der Waals surface area contributed by atoms with Gasteiger partial charge in [-0.1, -0.05) is 12.1 Å². The molecule has 1 amide bonds. The van der Waals surface area contributed by atoms with E-state index in [1.807, 2.05) is 37.3 Å². The summed E-state index contributed by atoms with van der Waals surface area (Å²) in [6, 6.07) is 11.6. The second-order valence-electron chi connectivity index (χ2n) is 6.35. The highest BCUT2D eigenvalue weighted by Crippen LogP contribution is 2.29. The topological polar surface area (TPSA) is 79.9 Å². The van der Waals surface area contributed by atoms with Crippen LogP contribution in [0, 0.1) is 5.41 Å². The predicted molar refractivity (Wildman–Crippen MR) is 91.5 cm³/mol. The maximum atomic E-state index is 12.4. The minimum Gasteiger partial charge on any atom is -0.380 e. The Hall–Kier alpha value is -2.73. The third kappa shape index (κ3) is 2.65. The molecule has 1 unspecified atom stereocenters. The number of carbonyl (C=O) groups excluding carboxylic acids is 1. The summed E-state index contributed by atoms with van der Waals surface area (Å²) in [5, 5.41) is 2.87. The van der Waals surface area contributed by atoms with E-state index in [9.17, 15) is 4.79 Å². The zero-order chi connectivity index (χ0) is 16.6. The van der Waals surface area contributed by atoms with Gasteiger partial charge in [-0.05, 0) is 37.6 Å². The number of para-hydroxylation sites is 2. The number of benzene rings is 1. The van der Waals surface area contributed by atoms with Crippen LogP contribution in [-0.2, 0) is 9.53 Å². The Bertz CT molecular complexity index is 846. The van der Waals surface area contributed by atoms with Crippen LogP contribution in [0.2, 0.25) is 0 Å². The van der Waals surface area contributed by atoms with Crippen molar-refractivity contribution in [3.8, 4) is 11.4 Å². The van der Waals surface area contributed by atoms with E-state index in [1.54, 1.807) is 12.3 Å². The molecule has 0 bridgehead atoms. The number of aromatic amines is 1. The molecule has 1 aliphatic heterocycles. The van der Waals surface area contributed by atoms with Crippen molar-refractivity contribution in [3.63, 3.8) is 0 Å². The average molecular weight is 322 g/mol. The van der Waals surface area contributed by atoms with Gasteiger partial charge in [0.05, 0.1) is 23.1 Å². The molecule has 1 fully saturated rings. The zero-order valence-electron chi connectivity index (χ0n) is 13.4. The first-order chi connectivity index (χ1) is 11.6. The van der Waals surface area contributed by atoms with Crippen LogP contribution in [0.15, 0.2) is 42.6 Å². The predicted octanol–water partition coefficient (Wildman–Crippen LogP) is 2.99. The van der Waals surface area contributed by atoms with Gasteiger partial charge in [0, 0.05) is 18.4 Å². The largest absolute Gasteiger partial charge is 0.380 e. The molecule has 0 saturated carbocycles. The van der Waals surface area contributed by atoms with Crippen LogP contribution in [0.25, 0.3) is 22.4 Å². The fourth-order valence-electron chi connectivity index (χ4n) is 2.81. The number of anilines is 1. The molecule has 1 saturated heterocycles. The maximum absolute atomic E-state index is 12.4. The van der Waals surface area contributed by atoms with E-state index in [0.29, 0.717) is 19.0 Å². The van der Waals surface area contributed by atoms with E-state index in [2.05, 4.69) is 20.3 Å². The van der Waals surface area contributed by atoms with Crippen molar-refractivity contribution in [3.05, 3.63) is 42.6 Å². The number of nitrogens with one attached hydrogen (secondary N) is 2. The van der Waals surface area contributed by atoms with Crippen LogP contribution in [-0.4, -0.2) is 34.1 Å². The van der Waals surface area contributed by atoms with Crippen molar-refractivity contribution in [1.82, 2.24) is 15.0 Å². The van der Waals surface area contributed by atoms with Crippen molar-refractivity contribution in [2.24, 2.45) is 5.41 Å². The van der Waals surface area contributed by atoms with Crippen molar-refractivity contribution in [1.29, 1.82) is 0 Å². The smallest absolute Gasteiger partial charge is 0.233 e. The van der Waals surface area contributed by atoms with Gasteiger partial charge in [-0.15, -0.1) is 0 Å². The third-order valence-electron chi connectivity index (χ3n) is 4.43. The first kappa shape index (κ1) is 14.8. The number of hydrogen-bond donors (Lipinski definition) is 2. The second-order valence-corrected chi connectivity index (χ2v) is 6.35. The number of H-pyrrole nitrogens is 1. The lowest BCUT2D eigenvalue weighted by atomic mass is 9.89. The minimum absolute atomic E-state index is 0.0519. The first-order valence-electron chi connectivity index (χ1n) is 7.94. The van der Waals surface area contributed by atoms with Crippen molar-refractivity contribution < 1.29 is 9.53 Å². The molecule has 0 radical (unpaired) electrons. The van der Waals surface area contributed by atoms with Gasteiger partial charge in [0.2, 0.25) is 5.91 Å². The summed E-state index contributed by atoms with van der Waals surface area (Å²) in [7, 11) is 0. The van der Waals surface area contributed by atoms with Gasteiger partial charge in [-0.3, -0.25) is 4.79 Å². The maximum Gasteiger partial charge on any atom is 0.233 e. The lowest BCUT2D eigenvalue weighted by Crippen LogP contribution is -2.34. The molecular weight excluding hydrogens is 304 g/mol. The molecule has 3 heterocycles. The number of ether oxygens (including phenoxy) is 1. The first-order valence-corrected chi connectivity index (χ1v) is 7.94. The second kappa shape index (κ2) is 5.72. The van der Waals surface area contributed by atoms with E-state index in [1.165, 1.54) is 0 Å². The summed E-state index contributed by atoms with van der Waals surface area (Å²) in [5.41, 5.74) is 2.30. The quantitative estimate of drug-likeness (QED) is 0.777. The molecule has 1 aliphatic rings. The van der Waals surface area contributed by atoms with Gasteiger partial charge in [0.1, 0.15) is 11.6 Å². The lowest BCUT2D eigenvalue weighted by Gasteiger charge is -2.20. The van der Waals surface area contributed by atoms with Gasteiger partial charge in [-0.2, -0.15) is 0 Å². The minimum atomic E-state index is -0.473. The number of aromatic nitrogens is 3. The van der Waals surface area contributed by atoms with Crippen LogP contribution >= 0.6 is 0 Å². The molecule has 1 atom stereocenters. The number of nitrogens with zero attached hydrogens (tertiary/aromatic N) is 2. The summed E-state index contributed by atoms with van der Waals surface area (Å²) in [4.78, 5) is 24.5. The van der Waals surface area contributed by atoms with Gasteiger partial charge in [0.15, 0.2) is 0 Å². The van der Waals surface area contributed by atoms with E-state index in [4.69, 9.17) is 4.74 Å². The molecule has 4 rings (SSSR count). The molecule has 6 heteroatoms. The number of hydrogen-bond acceptors (Lipinski definition) is 4. The Morgan fingerprint density at radius 2 is 2.17 bits per heavy atom. The molecule has 122 valence electrons. The number of carbonyl (C=O) groups is 1. The molecular formula is C18H18N4O2. The molecule has 6 nitrogen and oxygen atoms in total. The molecule has 1 aromatic carbocycles. The fourth-order valence-corrected chi connectivity index (χ4v) is 2.81. The molecule has 2 N–H and O–H groups in total. The summed E-state index contributed by atoms with van der Waals surface area (Å²) < 4.78 is 5.33. The van der Waals surface area contributed by atoms with Crippen molar-refractivity contribution >= 4 is 22.8 Å². The number of imidazole rings is 1. The molecule has 0 spiro atoms. The number of fused-ring (bicyclic) bond motifs is 1.